The summed E-state index contributed by atoms with van der Waals surface area (Å²) in [6.45, 7) is 9.41. The summed E-state index contributed by atoms with van der Waals surface area (Å²) in [6, 6.07) is 0. The van der Waals surface area contributed by atoms with E-state index in [9.17, 15) is 4.79 Å². The Morgan fingerprint density at radius 2 is 2.00 bits per heavy atom. The van der Waals surface area contributed by atoms with Crippen molar-refractivity contribution in [1.29, 1.82) is 0 Å². The third kappa shape index (κ3) is 3.38. The first-order chi connectivity index (χ1) is 8.86. The number of hydrogen-bond acceptors (Lipinski definition) is 3. The van der Waals surface area contributed by atoms with E-state index < -0.39 is 0 Å². The van der Waals surface area contributed by atoms with Crippen molar-refractivity contribution < 1.29 is 9.53 Å². The van der Waals surface area contributed by atoms with Gasteiger partial charge in [0.15, 0.2) is 0 Å². The van der Waals surface area contributed by atoms with Crippen LogP contribution in [0.3, 0.4) is 0 Å². The topological polar surface area (TPSA) is 29.5 Å². The lowest BCUT2D eigenvalue weighted by atomic mass is 9.71. The van der Waals surface area contributed by atoms with Gasteiger partial charge in [-0.25, -0.2) is 0 Å². The Labute approximate surface area is 117 Å². The molecule has 2 fully saturated rings. The van der Waals surface area contributed by atoms with E-state index in [0.29, 0.717) is 5.78 Å². The molecule has 2 rings (SSSR count). The van der Waals surface area contributed by atoms with Gasteiger partial charge in [-0.2, -0.15) is 0 Å². The molecule has 0 aromatic rings. The molecule has 2 atom stereocenters. The van der Waals surface area contributed by atoms with Crippen molar-refractivity contribution >= 4 is 5.78 Å². The summed E-state index contributed by atoms with van der Waals surface area (Å²) in [4.78, 5) is 14.9. The molecule has 1 saturated carbocycles. The van der Waals surface area contributed by atoms with Gasteiger partial charge < -0.3 is 4.74 Å². The molecule has 2 unspecified atom stereocenters. The van der Waals surface area contributed by atoms with Gasteiger partial charge in [-0.3, -0.25) is 9.69 Å². The Bertz CT molecular complexity index is 340. The summed E-state index contributed by atoms with van der Waals surface area (Å²) in [5.41, 5.74) is -0.130. The van der Waals surface area contributed by atoms with Crippen LogP contribution in [0.2, 0.25) is 0 Å². The van der Waals surface area contributed by atoms with Crippen LogP contribution in [-0.2, 0) is 9.53 Å². The van der Waals surface area contributed by atoms with Crippen LogP contribution in [0, 0.1) is 11.3 Å². The van der Waals surface area contributed by atoms with E-state index in [0.717, 1.165) is 38.9 Å². The fourth-order valence-electron chi connectivity index (χ4n) is 3.71. The highest BCUT2D eigenvalue weighted by atomic mass is 16.5. The Morgan fingerprint density at radius 3 is 2.68 bits per heavy atom. The SMILES string of the molecule is COC1(C)CCCN(CC2CCCC(C)(C)C2=O)C1. The van der Waals surface area contributed by atoms with Crippen molar-refractivity contribution in [2.45, 2.75) is 58.5 Å². The summed E-state index contributed by atoms with van der Waals surface area (Å²) in [7, 11) is 1.80. The maximum Gasteiger partial charge on any atom is 0.142 e. The summed E-state index contributed by atoms with van der Waals surface area (Å²) in [5, 5.41) is 0. The van der Waals surface area contributed by atoms with E-state index in [1.54, 1.807) is 7.11 Å². The van der Waals surface area contributed by atoms with Crippen LogP contribution in [-0.4, -0.2) is 43.0 Å². The number of ether oxygens (including phenoxy) is 1. The van der Waals surface area contributed by atoms with E-state index in [1.165, 1.54) is 12.8 Å². The third-order valence-electron chi connectivity index (χ3n) is 5.10. The van der Waals surface area contributed by atoms with Crippen LogP contribution in [0.15, 0.2) is 0 Å². The second kappa shape index (κ2) is 5.53. The number of carbonyl (C=O) groups excluding carboxylic acids is 1. The van der Waals surface area contributed by atoms with Crippen molar-refractivity contribution in [2.24, 2.45) is 11.3 Å². The second-order valence-corrected chi connectivity index (χ2v) is 7.33. The van der Waals surface area contributed by atoms with E-state index in [-0.39, 0.29) is 16.9 Å². The van der Waals surface area contributed by atoms with Gasteiger partial charge in [-0.1, -0.05) is 20.3 Å². The van der Waals surface area contributed by atoms with E-state index in [2.05, 4.69) is 25.7 Å². The monoisotopic (exact) mass is 267 g/mol. The van der Waals surface area contributed by atoms with Crippen molar-refractivity contribution in [3.63, 3.8) is 0 Å². The third-order valence-corrected chi connectivity index (χ3v) is 5.10. The highest BCUT2D eigenvalue weighted by Gasteiger charge is 2.39. The number of hydrogen-bond donors (Lipinski definition) is 0. The molecule has 0 bridgehead atoms. The average Bonchev–Trinajstić information content (AvgIpc) is 2.35. The fourth-order valence-corrected chi connectivity index (χ4v) is 3.71. The Hall–Kier alpha value is -0.410. The maximum atomic E-state index is 12.5. The summed E-state index contributed by atoms with van der Waals surface area (Å²) < 4.78 is 5.64. The number of piperidine rings is 1. The van der Waals surface area contributed by atoms with Crippen molar-refractivity contribution in [2.75, 3.05) is 26.7 Å². The number of methoxy groups -OCH3 is 1. The number of likely N-dealkylation sites (tertiary alicyclic amines) is 1. The number of ketones is 1. The van der Waals surface area contributed by atoms with Gasteiger partial charge >= 0.3 is 0 Å². The minimum atomic E-state index is -0.108. The van der Waals surface area contributed by atoms with Gasteiger partial charge in [0, 0.05) is 31.5 Å². The molecule has 1 saturated heterocycles. The quantitative estimate of drug-likeness (QED) is 0.787. The maximum absolute atomic E-state index is 12.5. The Balaban J connectivity index is 1.95. The zero-order chi connectivity index (χ0) is 14.1. The number of rotatable bonds is 3. The average molecular weight is 267 g/mol. The van der Waals surface area contributed by atoms with E-state index in [4.69, 9.17) is 4.74 Å². The molecule has 0 spiro atoms. The van der Waals surface area contributed by atoms with Crippen LogP contribution < -0.4 is 0 Å². The summed E-state index contributed by atoms with van der Waals surface area (Å²) >= 11 is 0. The minimum absolute atomic E-state index is 0.0223. The van der Waals surface area contributed by atoms with Crippen LogP contribution in [0.1, 0.15) is 52.9 Å². The molecule has 0 radical (unpaired) electrons. The molecular formula is C16H29NO2. The number of nitrogens with zero attached hydrogens (tertiary/aromatic N) is 1. The first-order valence-electron chi connectivity index (χ1n) is 7.68. The summed E-state index contributed by atoms with van der Waals surface area (Å²) in [6.07, 6.45) is 5.62. The highest BCUT2D eigenvalue weighted by molar-refractivity contribution is 5.87. The minimum Gasteiger partial charge on any atom is -0.377 e. The molecule has 110 valence electrons. The smallest absolute Gasteiger partial charge is 0.142 e. The fraction of sp³-hybridized carbons (Fsp3) is 0.938. The van der Waals surface area contributed by atoms with Gasteiger partial charge in [0.2, 0.25) is 0 Å². The molecule has 19 heavy (non-hydrogen) atoms. The van der Waals surface area contributed by atoms with Crippen LogP contribution in [0.25, 0.3) is 0 Å². The van der Waals surface area contributed by atoms with Crippen LogP contribution in [0.5, 0.6) is 0 Å². The normalized spacial score (nSPS) is 36.4. The largest absolute Gasteiger partial charge is 0.377 e. The standard InChI is InChI=1S/C16H29NO2/c1-15(2)8-5-7-13(14(15)18)11-17-10-6-9-16(3,12-17)19-4/h13H,5-12H2,1-4H3. The van der Waals surface area contributed by atoms with Crippen molar-refractivity contribution in [3.8, 4) is 0 Å². The van der Waals surface area contributed by atoms with Gasteiger partial charge in [0.1, 0.15) is 5.78 Å². The lowest BCUT2D eigenvalue weighted by Gasteiger charge is -2.42. The lowest BCUT2D eigenvalue weighted by molar-refractivity contribution is -0.136. The van der Waals surface area contributed by atoms with Crippen molar-refractivity contribution in [3.05, 3.63) is 0 Å². The molecule has 1 aliphatic carbocycles. The zero-order valence-corrected chi connectivity index (χ0v) is 13.0. The molecule has 0 aromatic carbocycles. The molecule has 3 heteroatoms. The van der Waals surface area contributed by atoms with Gasteiger partial charge in [0.25, 0.3) is 0 Å². The predicted octanol–water partition coefficient (Wildman–Crippen LogP) is 2.88. The first kappa shape index (κ1) is 15.0. The van der Waals surface area contributed by atoms with Crippen LogP contribution >= 0.6 is 0 Å². The molecule has 0 amide bonds. The zero-order valence-electron chi connectivity index (χ0n) is 13.0. The molecule has 1 heterocycles. The molecule has 0 aromatic heterocycles. The first-order valence-corrected chi connectivity index (χ1v) is 7.68. The molecule has 0 N–H and O–H groups in total. The van der Waals surface area contributed by atoms with Gasteiger partial charge in [-0.15, -0.1) is 0 Å². The van der Waals surface area contributed by atoms with E-state index in [1.807, 2.05) is 0 Å². The number of carbonyl (C=O) groups is 1. The van der Waals surface area contributed by atoms with Gasteiger partial charge in [-0.05, 0) is 39.2 Å². The van der Waals surface area contributed by atoms with E-state index >= 15 is 0 Å². The highest BCUT2D eigenvalue weighted by Crippen LogP contribution is 2.36. The molecule has 1 aliphatic heterocycles. The second-order valence-electron chi connectivity index (χ2n) is 7.33. The Morgan fingerprint density at radius 1 is 1.26 bits per heavy atom. The van der Waals surface area contributed by atoms with Crippen LogP contribution in [0.4, 0.5) is 0 Å². The van der Waals surface area contributed by atoms with Crippen molar-refractivity contribution in [1.82, 2.24) is 4.90 Å². The molecule has 2 aliphatic rings. The Kier molecular flexibility index (Phi) is 4.36. The summed E-state index contributed by atoms with van der Waals surface area (Å²) in [5.74, 6) is 0.714. The molecular weight excluding hydrogens is 238 g/mol. The predicted molar refractivity (Wildman–Crippen MR) is 77.2 cm³/mol. The van der Waals surface area contributed by atoms with Gasteiger partial charge in [0.05, 0.1) is 5.60 Å². The number of Topliss-reactive ketones (excluding diaryl/α,β-unsaturated/α-hetero) is 1. The molecule has 3 nitrogen and oxygen atoms in total. The lowest BCUT2D eigenvalue weighted by Crippen LogP contribution is -2.50.